The summed E-state index contributed by atoms with van der Waals surface area (Å²) < 4.78 is 37.8. The van der Waals surface area contributed by atoms with Gasteiger partial charge in [-0.3, -0.25) is 4.79 Å². The Bertz CT molecular complexity index is 303. The molecule has 2 atom stereocenters. The minimum atomic E-state index is -4.37. The van der Waals surface area contributed by atoms with Crippen LogP contribution in [-0.2, 0) is 4.79 Å². The second kappa shape index (κ2) is 6.59. The van der Waals surface area contributed by atoms with Crippen LogP contribution >= 0.6 is 0 Å². The average Bonchev–Trinajstić information content (AvgIpc) is 3.14. The Kier molecular flexibility index (Phi) is 5.64. The summed E-state index contributed by atoms with van der Waals surface area (Å²) in [6, 6.07) is -1.19. The summed E-state index contributed by atoms with van der Waals surface area (Å²) in [6.07, 6.45) is -0.507. The summed E-state index contributed by atoms with van der Waals surface area (Å²) in [5.41, 5.74) is 5.72. The Morgan fingerprint density at radius 3 is 2.42 bits per heavy atom. The molecule has 1 amide bonds. The number of halogens is 3. The van der Waals surface area contributed by atoms with E-state index in [0.717, 1.165) is 30.6 Å². The second-order valence-corrected chi connectivity index (χ2v) is 5.41. The fraction of sp³-hybridized carbons (Fsp3) is 0.923. The van der Waals surface area contributed by atoms with Gasteiger partial charge >= 0.3 is 6.18 Å². The normalized spacial score (nSPS) is 19.1. The Hall–Kier alpha value is -0.780. The molecule has 0 radical (unpaired) electrons. The van der Waals surface area contributed by atoms with E-state index in [1.807, 2.05) is 6.92 Å². The van der Waals surface area contributed by atoms with E-state index in [4.69, 9.17) is 5.73 Å². The lowest BCUT2D eigenvalue weighted by atomic mass is 10.1. The van der Waals surface area contributed by atoms with Crippen molar-refractivity contribution in [2.45, 2.75) is 64.2 Å². The quantitative estimate of drug-likeness (QED) is 0.779. The van der Waals surface area contributed by atoms with Gasteiger partial charge in [0.25, 0.3) is 0 Å². The second-order valence-electron chi connectivity index (χ2n) is 5.41. The van der Waals surface area contributed by atoms with Crippen LogP contribution in [-0.4, -0.2) is 35.6 Å². The number of carbonyl (C=O) groups excluding carboxylic acids is 1. The van der Waals surface area contributed by atoms with Gasteiger partial charge in [-0.1, -0.05) is 19.8 Å². The predicted octanol–water partition coefficient (Wildman–Crippen LogP) is 2.69. The summed E-state index contributed by atoms with van der Waals surface area (Å²) >= 11 is 0. The molecule has 2 unspecified atom stereocenters. The van der Waals surface area contributed by atoms with E-state index in [2.05, 4.69) is 0 Å². The molecule has 2 N–H and O–H groups in total. The van der Waals surface area contributed by atoms with Crippen molar-refractivity contribution in [3.63, 3.8) is 0 Å². The molecule has 1 aliphatic rings. The average molecular weight is 280 g/mol. The van der Waals surface area contributed by atoms with Gasteiger partial charge in [0.15, 0.2) is 0 Å². The molecule has 0 aromatic heterocycles. The zero-order valence-electron chi connectivity index (χ0n) is 11.5. The van der Waals surface area contributed by atoms with Crippen LogP contribution in [0.15, 0.2) is 0 Å². The predicted molar refractivity (Wildman–Crippen MR) is 67.5 cm³/mol. The van der Waals surface area contributed by atoms with Crippen molar-refractivity contribution in [3.8, 4) is 0 Å². The molecule has 0 aromatic carbocycles. The zero-order chi connectivity index (χ0) is 14.6. The van der Waals surface area contributed by atoms with Crippen molar-refractivity contribution >= 4 is 5.91 Å². The van der Waals surface area contributed by atoms with Gasteiger partial charge in [0.05, 0.1) is 6.04 Å². The fourth-order valence-corrected chi connectivity index (χ4v) is 2.21. The number of rotatable bonds is 7. The summed E-state index contributed by atoms with van der Waals surface area (Å²) in [6.45, 7) is 2.45. The van der Waals surface area contributed by atoms with Crippen LogP contribution < -0.4 is 5.73 Å². The maximum absolute atomic E-state index is 12.6. The number of amides is 1. The number of nitrogens with two attached hydrogens (primary N) is 1. The summed E-state index contributed by atoms with van der Waals surface area (Å²) in [4.78, 5) is 13.0. The molecule has 0 heterocycles. The maximum atomic E-state index is 12.6. The lowest BCUT2D eigenvalue weighted by Gasteiger charge is -2.32. The highest BCUT2D eigenvalue weighted by molar-refractivity contribution is 5.82. The van der Waals surface area contributed by atoms with Crippen LogP contribution in [0.3, 0.4) is 0 Å². The van der Waals surface area contributed by atoms with Gasteiger partial charge in [-0.25, -0.2) is 0 Å². The number of hydrogen-bond donors (Lipinski definition) is 1. The van der Waals surface area contributed by atoms with Crippen molar-refractivity contribution in [2.24, 2.45) is 11.7 Å². The van der Waals surface area contributed by atoms with Crippen molar-refractivity contribution in [1.82, 2.24) is 4.90 Å². The van der Waals surface area contributed by atoms with Gasteiger partial charge in [-0.2, -0.15) is 13.2 Å². The number of nitrogens with zero attached hydrogens (tertiary/aromatic N) is 1. The Balaban J connectivity index is 2.68. The first-order valence-corrected chi connectivity index (χ1v) is 6.89. The summed E-state index contributed by atoms with van der Waals surface area (Å²) in [7, 11) is 0. The van der Waals surface area contributed by atoms with E-state index in [-0.39, 0.29) is 12.0 Å². The van der Waals surface area contributed by atoms with Crippen LogP contribution in [0.5, 0.6) is 0 Å². The minimum absolute atomic E-state index is 0.199. The first-order chi connectivity index (χ1) is 8.76. The molecule has 1 rings (SSSR count). The van der Waals surface area contributed by atoms with Gasteiger partial charge in [-0.15, -0.1) is 0 Å². The van der Waals surface area contributed by atoms with E-state index < -0.39 is 24.7 Å². The first kappa shape index (κ1) is 16.3. The van der Waals surface area contributed by atoms with Crippen LogP contribution in [0.4, 0.5) is 13.2 Å². The van der Waals surface area contributed by atoms with Crippen LogP contribution in [0.1, 0.15) is 46.0 Å². The third-order valence-electron chi connectivity index (χ3n) is 3.61. The molecule has 0 bridgehead atoms. The minimum Gasteiger partial charge on any atom is -0.329 e. The standard InChI is InChI=1S/C13H23F3N2O/c1-3-4-5-11(17)12(19)18(8-13(14,15)16)9(2)10-6-7-10/h9-11H,3-8,17H2,1-2H3. The Morgan fingerprint density at radius 2 is 2.00 bits per heavy atom. The van der Waals surface area contributed by atoms with E-state index >= 15 is 0 Å². The van der Waals surface area contributed by atoms with Gasteiger partial charge < -0.3 is 10.6 Å². The van der Waals surface area contributed by atoms with E-state index in [9.17, 15) is 18.0 Å². The topological polar surface area (TPSA) is 46.3 Å². The SMILES string of the molecule is CCCCC(N)C(=O)N(CC(F)(F)F)C(C)C1CC1. The number of unbranched alkanes of at least 4 members (excludes halogenated alkanes) is 1. The number of carbonyl (C=O) groups is 1. The summed E-state index contributed by atoms with van der Waals surface area (Å²) in [5, 5.41) is 0. The van der Waals surface area contributed by atoms with Gasteiger partial charge in [0, 0.05) is 6.04 Å². The highest BCUT2D eigenvalue weighted by atomic mass is 19.4. The first-order valence-electron chi connectivity index (χ1n) is 6.89. The monoisotopic (exact) mass is 280 g/mol. The third kappa shape index (κ3) is 5.38. The number of hydrogen-bond acceptors (Lipinski definition) is 2. The fourth-order valence-electron chi connectivity index (χ4n) is 2.21. The van der Waals surface area contributed by atoms with Crippen molar-refractivity contribution in [2.75, 3.05) is 6.54 Å². The van der Waals surface area contributed by atoms with Gasteiger partial charge in [-0.05, 0) is 32.1 Å². The molecule has 0 aliphatic heterocycles. The molecule has 1 saturated carbocycles. The third-order valence-corrected chi connectivity index (χ3v) is 3.61. The molecule has 112 valence electrons. The van der Waals surface area contributed by atoms with Gasteiger partial charge in [0.2, 0.25) is 5.91 Å². The number of alkyl halides is 3. The molecule has 6 heteroatoms. The molecule has 19 heavy (non-hydrogen) atoms. The largest absolute Gasteiger partial charge is 0.406 e. The highest BCUT2D eigenvalue weighted by Gasteiger charge is 2.41. The van der Waals surface area contributed by atoms with Crippen molar-refractivity contribution in [3.05, 3.63) is 0 Å². The molecular formula is C13H23F3N2O. The molecule has 0 saturated heterocycles. The van der Waals surface area contributed by atoms with Crippen molar-refractivity contribution in [1.29, 1.82) is 0 Å². The Morgan fingerprint density at radius 1 is 1.42 bits per heavy atom. The lowest BCUT2D eigenvalue weighted by Crippen LogP contribution is -2.51. The zero-order valence-corrected chi connectivity index (χ0v) is 11.5. The van der Waals surface area contributed by atoms with E-state index in [1.54, 1.807) is 6.92 Å². The molecule has 1 fully saturated rings. The van der Waals surface area contributed by atoms with E-state index in [0.29, 0.717) is 6.42 Å². The molecule has 1 aliphatic carbocycles. The smallest absolute Gasteiger partial charge is 0.329 e. The molecule has 0 aromatic rings. The van der Waals surface area contributed by atoms with Gasteiger partial charge in [0.1, 0.15) is 6.54 Å². The van der Waals surface area contributed by atoms with Crippen LogP contribution in [0.2, 0.25) is 0 Å². The van der Waals surface area contributed by atoms with Crippen LogP contribution in [0.25, 0.3) is 0 Å². The molecule has 0 spiro atoms. The molecular weight excluding hydrogens is 257 g/mol. The highest BCUT2D eigenvalue weighted by Crippen LogP contribution is 2.36. The molecule has 3 nitrogen and oxygen atoms in total. The maximum Gasteiger partial charge on any atom is 0.406 e. The van der Waals surface area contributed by atoms with E-state index in [1.165, 1.54) is 0 Å². The Labute approximate surface area is 112 Å². The summed E-state index contributed by atoms with van der Waals surface area (Å²) in [5.74, 6) is -0.366. The van der Waals surface area contributed by atoms with Crippen molar-refractivity contribution < 1.29 is 18.0 Å². The lowest BCUT2D eigenvalue weighted by molar-refractivity contribution is -0.166. The van der Waals surface area contributed by atoms with Crippen LogP contribution in [0, 0.1) is 5.92 Å².